The number of carbonyl (C=O) groups is 1. The molecule has 0 unspecified atom stereocenters. The molecule has 1 amide bonds. The maximum atomic E-state index is 13.5. The minimum Gasteiger partial charge on any atom is -0.494 e. The lowest BCUT2D eigenvalue weighted by Crippen LogP contribution is -2.29. The lowest BCUT2D eigenvalue weighted by atomic mass is 10.1. The maximum Gasteiger partial charge on any atom is 0.248 e. The van der Waals surface area contributed by atoms with Crippen LogP contribution in [0, 0.1) is 5.82 Å². The van der Waals surface area contributed by atoms with Gasteiger partial charge >= 0.3 is 0 Å². The van der Waals surface area contributed by atoms with Gasteiger partial charge in [-0.25, -0.2) is 14.4 Å². The molecule has 2 N–H and O–H groups in total. The van der Waals surface area contributed by atoms with Crippen LogP contribution in [-0.4, -0.2) is 52.5 Å². The summed E-state index contributed by atoms with van der Waals surface area (Å²) in [6.45, 7) is 2.81. The van der Waals surface area contributed by atoms with Crippen molar-refractivity contribution in [1.29, 1.82) is 0 Å². The zero-order chi connectivity index (χ0) is 24.1. The van der Waals surface area contributed by atoms with Crippen LogP contribution in [0.1, 0.15) is 19.3 Å². The lowest BCUT2D eigenvalue weighted by molar-refractivity contribution is -0.111. The molecule has 0 spiro atoms. The van der Waals surface area contributed by atoms with E-state index in [0.29, 0.717) is 28.0 Å². The van der Waals surface area contributed by atoms with Gasteiger partial charge in [0.25, 0.3) is 0 Å². The molecule has 10 heteroatoms. The summed E-state index contributed by atoms with van der Waals surface area (Å²) in [6.07, 6.45) is 8.16. The minimum absolute atomic E-state index is 0.0651. The highest BCUT2D eigenvalue weighted by Gasteiger charge is 2.13. The number of nitrogens with zero attached hydrogens (tertiary/aromatic N) is 4. The zero-order valence-corrected chi connectivity index (χ0v) is 19.4. The van der Waals surface area contributed by atoms with Gasteiger partial charge < -0.3 is 15.3 Å². The second kappa shape index (κ2) is 10.7. The number of piperidine rings is 1. The number of benzene rings is 2. The van der Waals surface area contributed by atoms with Gasteiger partial charge in [0.15, 0.2) is 5.49 Å². The molecule has 178 valence electrons. The van der Waals surface area contributed by atoms with E-state index in [1.807, 2.05) is 6.08 Å². The average molecular weight is 486 g/mol. The van der Waals surface area contributed by atoms with Gasteiger partial charge in [0, 0.05) is 24.1 Å². The number of carbonyl (C=O) groups excluding carboxylic acids is 1. The number of aromatic nitrogens is 2. The largest absolute Gasteiger partial charge is 0.494 e. The Balaban J connectivity index is 1.65. The van der Waals surface area contributed by atoms with Crippen molar-refractivity contribution < 1.29 is 19.1 Å². The Labute approximate surface area is 200 Å². The second-order valence-corrected chi connectivity index (χ2v) is 8.35. The Hall–Kier alpha value is -3.43. The van der Waals surface area contributed by atoms with Gasteiger partial charge in [0.2, 0.25) is 5.91 Å². The Kier molecular flexibility index (Phi) is 7.44. The van der Waals surface area contributed by atoms with E-state index < -0.39 is 5.82 Å². The van der Waals surface area contributed by atoms with E-state index in [0.717, 1.165) is 24.4 Å². The number of likely N-dealkylation sites (tertiary alicyclic amines) is 1. The van der Waals surface area contributed by atoms with Crippen molar-refractivity contribution in [3.8, 4) is 5.75 Å². The van der Waals surface area contributed by atoms with Gasteiger partial charge in [0.05, 0.1) is 29.0 Å². The first kappa shape index (κ1) is 23.7. The van der Waals surface area contributed by atoms with Crippen LogP contribution >= 0.6 is 11.6 Å². The van der Waals surface area contributed by atoms with Crippen molar-refractivity contribution in [3.63, 3.8) is 0 Å². The Morgan fingerprint density at radius 1 is 1.29 bits per heavy atom. The molecule has 34 heavy (non-hydrogen) atoms. The van der Waals surface area contributed by atoms with Gasteiger partial charge in [0.1, 0.15) is 17.9 Å². The maximum absolute atomic E-state index is 13.5. The summed E-state index contributed by atoms with van der Waals surface area (Å²) >= 11 is 5.86. The second-order valence-electron chi connectivity index (χ2n) is 7.95. The van der Waals surface area contributed by atoms with Crippen LogP contribution in [0.15, 0.2) is 53.8 Å². The molecule has 1 aromatic heterocycles. The summed E-state index contributed by atoms with van der Waals surface area (Å²) in [7, 11) is 1.47. The third-order valence-corrected chi connectivity index (χ3v) is 5.86. The molecule has 1 fully saturated rings. The highest BCUT2D eigenvalue weighted by atomic mass is 35.5. The number of fused-ring (bicyclic) bond motifs is 1. The molecule has 0 radical (unpaired) electrons. The van der Waals surface area contributed by atoms with Gasteiger partial charge in [-0.05, 0) is 50.2 Å². The number of anilines is 1. The standard InChI is InChI=1S/C24H25ClFN5O3/c1-34-22-14-21-17(13-20(22)29-23(32)6-5-11-30-9-3-2-4-10-30)24(27-15-31(21)33)28-16-7-8-19(26)18(25)12-16/h5-8,12-15,33H,2-4,9-11H2,1H3,(H,29,32)/b6-5+,28-24?. The Morgan fingerprint density at radius 2 is 2.09 bits per heavy atom. The molecule has 0 aliphatic carbocycles. The quantitative estimate of drug-likeness (QED) is 0.401. The fourth-order valence-corrected chi connectivity index (χ4v) is 4.01. The summed E-state index contributed by atoms with van der Waals surface area (Å²) in [4.78, 5) is 23.5. The minimum atomic E-state index is -0.553. The van der Waals surface area contributed by atoms with Crippen LogP contribution in [0.25, 0.3) is 10.9 Å². The molecule has 0 bridgehead atoms. The van der Waals surface area contributed by atoms with Gasteiger partial charge in [-0.2, -0.15) is 4.73 Å². The van der Waals surface area contributed by atoms with Crippen molar-refractivity contribution >= 4 is 39.8 Å². The number of methoxy groups -OCH3 is 1. The zero-order valence-electron chi connectivity index (χ0n) is 18.7. The van der Waals surface area contributed by atoms with E-state index in [2.05, 4.69) is 20.2 Å². The van der Waals surface area contributed by atoms with Crippen LogP contribution in [-0.2, 0) is 4.79 Å². The first-order valence-electron chi connectivity index (χ1n) is 10.9. The molecule has 1 aliphatic heterocycles. The van der Waals surface area contributed by atoms with Crippen LogP contribution in [0.5, 0.6) is 5.75 Å². The number of ether oxygens (including phenoxy) is 1. The molecule has 1 saturated heterocycles. The van der Waals surface area contributed by atoms with Crippen molar-refractivity contribution in [2.24, 2.45) is 4.99 Å². The molecule has 2 aromatic carbocycles. The van der Waals surface area contributed by atoms with E-state index in [1.165, 1.54) is 57.0 Å². The molecule has 0 saturated carbocycles. The molecular formula is C24H25ClFN5O3. The average Bonchev–Trinajstić information content (AvgIpc) is 2.83. The predicted molar refractivity (Wildman–Crippen MR) is 128 cm³/mol. The number of amides is 1. The SMILES string of the molecule is COc1cc2c(cc1NC(=O)/C=C/CN1CCCCC1)c(=Nc1ccc(F)c(Cl)c1)ncn2O. The van der Waals surface area contributed by atoms with E-state index in [9.17, 15) is 14.4 Å². The fraction of sp³-hybridized carbons (Fsp3) is 0.292. The van der Waals surface area contributed by atoms with Crippen molar-refractivity contribution in [2.75, 3.05) is 32.1 Å². The predicted octanol–water partition coefficient (Wildman–Crippen LogP) is 4.29. The summed E-state index contributed by atoms with van der Waals surface area (Å²) < 4.78 is 19.8. The molecule has 1 aliphatic rings. The van der Waals surface area contributed by atoms with Gasteiger partial charge in [-0.1, -0.05) is 24.1 Å². The monoisotopic (exact) mass is 485 g/mol. The number of nitrogens with one attached hydrogen (secondary N) is 1. The fourth-order valence-electron chi connectivity index (χ4n) is 3.84. The summed E-state index contributed by atoms with van der Waals surface area (Å²) in [5, 5.41) is 13.5. The van der Waals surface area contributed by atoms with E-state index in [-0.39, 0.29) is 16.4 Å². The third kappa shape index (κ3) is 5.55. The normalized spacial score (nSPS) is 15.2. The summed E-state index contributed by atoms with van der Waals surface area (Å²) in [5.74, 6) is -0.503. The van der Waals surface area contributed by atoms with Crippen LogP contribution in [0.2, 0.25) is 5.02 Å². The first-order chi connectivity index (χ1) is 16.4. The van der Waals surface area contributed by atoms with Gasteiger partial charge in [-0.15, -0.1) is 0 Å². The van der Waals surface area contributed by atoms with Crippen LogP contribution in [0.3, 0.4) is 0 Å². The van der Waals surface area contributed by atoms with Crippen molar-refractivity contribution in [2.45, 2.75) is 19.3 Å². The summed E-state index contributed by atoms with van der Waals surface area (Å²) in [6, 6.07) is 7.25. The molecule has 0 atom stereocenters. The molecular weight excluding hydrogens is 461 g/mol. The molecule has 4 rings (SSSR count). The number of hydrogen-bond donors (Lipinski definition) is 2. The number of rotatable bonds is 6. The smallest absolute Gasteiger partial charge is 0.248 e. The van der Waals surface area contributed by atoms with Gasteiger partial charge in [-0.3, -0.25) is 9.69 Å². The number of hydrogen-bond acceptors (Lipinski definition) is 6. The first-order valence-corrected chi connectivity index (χ1v) is 11.3. The Bertz CT molecular complexity index is 1300. The highest BCUT2D eigenvalue weighted by Crippen LogP contribution is 2.29. The van der Waals surface area contributed by atoms with Crippen LogP contribution in [0.4, 0.5) is 15.8 Å². The van der Waals surface area contributed by atoms with Crippen LogP contribution < -0.4 is 15.5 Å². The highest BCUT2D eigenvalue weighted by molar-refractivity contribution is 6.31. The molecule has 2 heterocycles. The summed E-state index contributed by atoms with van der Waals surface area (Å²) in [5.41, 5.74) is 1.39. The topological polar surface area (TPSA) is 92.0 Å². The molecule has 3 aromatic rings. The molecule has 8 nitrogen and oxygen atoms in total. The van der Waals surface area contributed by atoms with E-state index in [4.69, 9.17) is 16.3 Å². The third-order valence-electron chi connectivity index (χ3n) is 5.57. The van der Waals surface area contributed by atoms with Crippen molar-refractivity contribution in [1.82, 2.24) is 14.6 Å². The van der Waals surface area contributed by atoms with Crippen molar-refractivity contribution in [3.05, 3.63) is 65.1 Å². The lowest BCUT2D eigenvalue weighted by Gasteiger charge is -2.24. The van der Waals surface area contributed by atoms with E-state index in [1.54, 1.807) is 12.1 Å². The van der Waals surface area contributed by atoms with E-state index >= 15 is 0 Å². The number of halogens is 2. The Morgan fingerprint density at radius 3 is 2.82 bits per heavy atom.